The summed E-state index contributed by atoms with van der Waals surface area (Å²) in [5.74, 6) is -0.0432. The Labute approximate surface area is 171 Å². The summed E-state index contributed by atoms with van der Waals surface area (Å²) in [6.45, 7) is 3.93. The second kappa shape index (κ2) is 8.95. The van der Waals surface area contributed by atoms with Crippen LogP contribution in [0.3, 0.4) is 0 Å². The Morgan fingerprint density at radius 3 is 2.31 bits per heavy atom. The molecule has 29 heavy (non-hydrogen) atoms. The molecular formula is C22H26FNO4S. The number of nitrogens with zero attached hydrogens (tertiary/aromatic N) is 1. The fraction of sp³-hybridized carbons (Fsp3) is 0.409. The number of benzene rings is 2. The third-order valence-electron chi connectivity index (χ3n) is 5.19. The molecule has 2 aromatic carbocycles. The van der Waals surface area contributed by atoms with Crippen LogP contribution in [0.1, 0.15) is 31.4 Å². The van der Waals surface area contributed by atoms with E-state index in [0.717, 1.165) is 12.0 Å². The molecule has 156 valence electrons. The van der Waals surface area contributed by atoms with Gasteiger partial charge in [-0.15, -0.1) is 0 Å². The van der Waals surface area contributed by atoms with Crippen molar-refractivity contribution in [3.63, 3.8) is 0 Å². The van der Waals surface area contributed by atoms with Crippen molar-refractivity contribution in [2.24, 2.45) is 0 Å². The van der Waals surface area contributed by atoms with Crippen molar-refractivity contribution >= 4 is 15.7 Å². The molecule has 0 aromatic heterocycles. The van der Waals surface area contributed by atoms with Gasteiger partial charge in [0.2, 0.25) is 0 Å². The Hall–Kier alpha value is -2.41. The summed E-state index contributed by atoms with van der Waals surface area (Å²) in [6, 6.07) is 13.0. The molecule has 0 bridgehead atoms. The predicted molar refractivity (Wildman–Crippen MR) is 110 cm³/mol. The van der Waals surface area contributed by atoms with Crippen molar-refractivity contribution in [3.05, 3.63) is 65.5 Å². The van der Waals surface area contributed by atoms with E-state index in [1.54, 1.807) is 24.0 Å². The van der Waals surface area contributed by atoms with Crippen LogP contribution in [0, 0.1) is 5.82 Å². The van der Waals surface area contributed by atoms with E-state index in [1.807, 2.05) is 24.3 Å². The standard InChI is InChI=1S/C22H26FNO4S/c1-3-17-6-10-21(11-7-17)28-16(2)22(25)24(20-12-13-29(26,27)15-20)14-18-4-8-19(23)9-5-18/h4-11,16,20H,3,12-15H2,1-2H3. The second-order valence-electron chi connectivity index (χ2n) is 7.41. The van der Waals surface area contributed by atoms with E-state index >= 15 is 0 Å². The first-order valence-electron chi connectivity index (χ1n) is 9.78. The second-order valence-corrected chi connectivity index (χ2v) is 9.64. The normalized spacial score (nSPS) is 18.9. The topological polar surface area (TPSA) is 63.7 Å². The third-order valence-corrected chi connectivity index (χ3v) is 6.94. The summed E-state index contributed by atoms with van der Waals surface area (Å²) in [5, 5.41) is 0. The lowest BCUT2D eigenvalue weighted by Gasteiger charge is -2.31. The minimum absolute atomic E-state index is 0.0577. The number of halogens is 1. The van der Waals surface area contributed by atoms with Crippen molar-refractivity contribution in [1.29, 1.82) is 0 Å². The average molecular weight is 420 g/mol. The van der Waals surface area contributed by atoms with Crippen molar-refractivity contribution < 1.29 is 22.3 Å². The summed E-state index contributed by atoms with van der Waals surface area (Å²) in [5.41, 5.74) is 1.91. The summed E-state index contributed by atoms with van der Waals surface area (Å²) >= 11 is 0. The van der Waals surface area contributed by atoms with Gasteiger partial charge in [-0.3, -0.25) is 4.79 Å². The number of carbonyl (C=O) groups excluding carboxylic acids is 1. The lowest BCUT2D eigenvalue weighted by molar-refractivity contribution is -0.140. The maximum Gasteiger partial charge on any atom is 0.263 e. The molecule has 1 heterocycles. The summed E-state index contributed by atoms with van der Waals surface area (Å²) in [6.07, 6.45) is 0.537. The van der Waals surface area contributed by atoms with Gasteiger partial charge >= 0.3 is 0 Å². The number of hydrogen-bond acceptors (Lipinski definition) is 4. The maximum absolute atomic E-state index is 13.2. The Kier molecular flexibility index (Phi) is 6.57. The number of aryl methyl sites for hydroxylation is 1. The van der Waals surface area contributed by atoms with Crippen molar-refractivity contribution in [3.8, 4) is 5.75 Å². The largest absolute Gasteiger partial charge is 0.481 e. The van der Waals surface area contributed by atoms with Crippen LogP contribution in [0.2, 0.25) is 0 Å². The van der Waals surface area contributed by atoms with E-state index in [4.69, 9.17) is 4.74 Å². The number of ether oxygens (including phenoxy) is 1. The van der Waals surface area contributed by atoms with E-state index in [1.165, 1.54) is 17.7 Å². The van der Waals surface area contributed by atoms with Crippen LogP contribution in [0.15, 0.2) is 48.5 Å². The molecule has 7 heteroatoms. The zero-order valence-corrected chi connectivity index (χ0v) is 17.5. The summed E-state index contributed by atoms with van der Waals surface area (Å²) < 4.78 is 43.0. The van der Waals surface area contributed by atoms with E-state index in [2.05, 4.69) is 6.92 Å². The molecule has 0 radical (unpaired) electrons. The number of carbonyl (C=O) groups is 1. The zero-order chi connectivity index (χ0) is 21.0. The minimum atomic E-state index is -3.16. The molecule has 1 fully saturated rings. The molecular weight excluding hydrogens is 393 g/mol. The maximum atomic E-state index is 13.2. The molecule has 1 amide bonds. The van der Waals surface area contributed by atoms with Crippen molar-refractivity contribution in [2.75, 3.05) is 11.5 Å². The molecule has 1 saturated heterocycles. The SMILES string of the molecule is CCc1ccc(OC(C)C(=O)N(Cc2ccc(F)cc2)C2CCS(=O)(=O)C2)cc1. The quantitative estimate of drug-likeness (QED) is 0.690. The smallest absolute Gasteiger partial charge is 0.263 e. The molecule has 1 aliphatic rings. The number of hydrogen-bond donors (Lipinski definition) is 0. The van der Waals surface area contributed by atoms with Gasteiger partial charge in [0, 0.05) is 12.6 Å². The van der Waals surface area contributed by atoms with E-state index < -0.39 is 22.0 Å². The van der Waals surface area contributed by atoms with Crippen LogP contribution >= 0.6 is 0 Å². The van der Waals surface area contributed by atoms with Crippen LogP contribution in [-0.4, -0.2) is 42.9 Å². The average Bonchev–Trinajstić information content (AvgIpc) is 3.07. The molecule has 0 aliphatic carbocycles. The fourth-order valence-corrected chi connectivity index (χ4v) is 5.22. The number of amides is 1. The Balaban J connectivity index is 1.77. The molecule has 2 aromatic rings. The van der Waals surface area contributed by atoms with E-state index in [9.17, 15) is 17.6 Å². The fourth-order valence-electron chi connectivity index (χ4n) is 3.49. The van der Waals surface area contributed by atoms with Crippen LogP contribution in [-0.2, 0) is 27.6 Å². The number of sulfone groups is 1. The summed E-state index contributed by atoms with van der Waals surface area (Å²) in [7, 11) is -3.16. The first kappa shape index (κ1) is 21.3. The highest BCUT2D eigenvalue weighted by molar-refractivity contribution is 7.91. The van der Waals surface area contributed by atoms with Gasteiger partial charge in [0.15, 0.2) is 15.9 Å². The monoisotopic (exact) mass is 419 g/mol. The van der Waals surface area contributed by atoms with Gasteiger partial charge in [-0.25, -0.2) is 12.8 Å². The van der Waals surface area contributed by atoms with E-state index in [-0.39, 0.29) is 29.8 Å². The van der Waals surface area contributed by atoms with E-state index in [0.29, 0.717) is 12.2 Å². The zero-order valence-electron chi connectivity index (χ0n) is 16.7. The Bertz CT molecular complexity index is 942. The molecule has 2 unspecified atom stereocenters. The predicted octanol–water partition coefficient (Wildman–Crippen LogP) is 3.37. The highest BCUT2D eigenvalue weighted by Gasteiger charge is 2.36. The lowest BCUT2D eigenvalue weighted by atomic mass is 10.1. The Morgan fingerprint density at radius 1 is 1.14 bits per heavy atom. The van der Waals surface area contributed by atoms with Crippen LogP contribution in [0.25, 0.3) is 0 Å². The van der Waals surface area contributed by atoms with Crippen LogP contribution in [0.5, 0.6) is 5.75 Å². The highest BCUT2D eigenvalue weighted by Crippen LogP contribution is 2.23. The highest BCUT2D eigenvalue weighted by atomic mass is 32.2. The van der Waals surface area contributed by atoms with Crippen LogP contribution < -0.4 is 4.74 Å². The van der Waals surface area contributed by atoms with Crippen molar-refractivity contribution in [1.82, 2.24) is 4.90 Å². The first-order chi connectivity index (χ1) is 13.8. The first-order valence-corrected chi connectivity index (χ1v) is 11.6. The molecule has 5 nitrogen and oxygen atoms in total. The molecule has 2 atom stereocenters. The lowest BCUT2D eigenvalue weighted by Crippen LogP contribution is -2.46. The third kappa shape index (κ3) is 5.56. The Morgan fingerprint density at radius 2 is 1.76 bits per heavy atom. The van der Waals surface area contributed by atoms with Crippen LogP contribution in [0.4, 0.5) is 4.39 Å². The molecule has 0 spiro atoms. The molecule has 1 aliphatic heterocycles. The minimum Gasteiger partial charge on any atom is -0.481 e. The van der Waals surface area contributed by atoms with Gasteiger partial charge in [-0.05, 0) is 55.2 Å². The van der Waals surface area contributed by atoms with Gasteiger partial charge in [0.05, 0.1) is 11.5 Å². The van der Waals surface area contributed by atoms with Gasteiger partial charge in [0.1, 0.15) is 11.6 Å². The molecule has 3 rings (SSSR count). The van der Waals surface area contributed by atoms with Crippen molar-refractivity contribution in [2.45, 2.75) is 45.4 Å². The van der Waals surface area contributed by atoms with Gasteiger partial charge in [-0.2, -0.15) is 0 Å². The number of rotatable bonds is 7. The van der Waals surface area contributed by atoms with Gasteiger partial charge < -0.3 is 9.64 Å². The molecule has 0 N–H and O–H groups in total. The van der Waals surface area contributed by atoms with Gasteiger partial charge in [0.25, 0.3) is 5.91 Å². The van der Waals surface area contributed by atoms with Gasteiger partial charge in [-0.1, -0.05) is 31.2 Å². The molecule has 0 saturated carbocycles. The summed E-state index contributed by atoms with van der Waals surface area (Å²) in [4.78, 5) is 14.7.